The lowest BCUT2D eigenvalue weighted by Crippen LogP contribution is -2.52. The summed E-state index contributed by atoms with van der Waals surface area (Å²) in [6, 6.07) is 0.193. The molecule has 0 radical (unpaired) electrons. The molecule has 0 rings (SSSR count). The molecule has 0 spiro atoms. The summed E-state index contributed by atoms with van der Waals surface area (Å²) in [6.45, 7) is 10.2. The van der Waals surface area contributed by atoms with Crippen molar-refractivity contribution in [3.05, 3.63) is 0 Å². The summed E-state index contributed by atoms with van der Waals surface area (Å²) in [5.74, 6) is 2.24. The van der Waals surface area contributed by atoms with Crippen LogP contribution in [0.4, 0.5) is 0 Å². The SMILES string of the molecule is CCC(C)CSCCCC(C)(NC(C)C)C(=O)O. The Kier molecular flexibility index (Phi) is 8.70. The van der Waals surface area contributed by atoms with Crippen LogP contribution in [0.5, 0.6) is 0 Å². The Morgan fingerprint density at radius 1 is 1.39 bits per heavy atom. The van der Waals surface area contributed by atoms with Crippen LogP contribution in [0.3, 0.4) is 0 Å². The van der Waals surface area contributed by atoms with E-state index in [-0.39, 0.29) is 6.04 Å². The molecule has 0 fully saturated rings. The van der Waals surface area contributed by atoms with Gasteiger partial charge in [0.25, 0.3) is 0 Å². The summed E-state index contributed by atoms with van der Waals surface area (Å²) in [5, 5.41) is 12.5. The quantitative estimate of drug-likeness (QED) is 0.600. The average Bonchev–Trinajstić information content (AvgIpc) is 2.27. The Labute approximate surface area is 116 Å². The molecule has 2 N–H and O–H groups in total. The summed E-state index contributed by atoms with van der Waals surface area (Å²) in [7, 11) is 0. The molecular formula is C14H29NO2S. The minimum atomic E-state index is -0.787. The zero-order valence-corrected chi connectivity index (χ0v) is 13.3. The highest BCUT2D eigenvalue weighted by Gasteiger charge is 2.32. The molecule has 0 aromatic heterocycles. The highest BCUT2D eigenvalue weighted by Crippen LogP contribution is 2.18. The molecule has 0 aliphatic rings. The fourth-order valence-electron chi connectivity index (χ4n) is 1.81. The van der Waals surface area contributed by atoms with Crippen LogP contribution in [-0.2, 0) is 4.79 Å². The van der Waals surface area contributed by atoms with Gasteiger partial charge in [-0.2, -0.15) is 11.8 Å². The van der Waals surface area contributed by atoms with E-state index < -0.39 is 11.5 Å². The van der Waals surface area contributed by atoms with Crippen molar-refractivity contribution in [3.63, 3.8) is 0 Å². The first-order valence-electron chi connectivity index (χ1n) is 6.90. The van der Waals surface area contributed by atoms with Gasteiger partial charge in [0.2, 0.25) is 0 Å². The highest BCUT2D eigenvalue weighted by atomic mass is 32.2. The molecule has 0 aromatic rings. The number of rotatable bonds is 10. The van der Waals surface area contributed by atoms with Gasteiger partial charge in [-0.05, 0) is 51.0 Å². The second-order valence-electron chi connectivity index (χ2n) is 5.63. The monoisotopic (exact) mass is 275 g/mol. The van der Waals surface area contributed by atoms with Gasteiger partial charge in [0, 0.05) is 6.04 Å². The van der Waals surface area contributed by atoms with Crippen LogP contribution in [0.2, 0.25) is 0 Å². The molecule has 0 amide bonds. The molecule has 0 saturated heterocycles. The van der Waals surface area contributed by atoms with E-state index in [4.69, 9.17) is 0 Å². The van der Waals surface area contributed by atoms with Crippen molar-refractivity contribution < 1.29 is 9.90 Å². The lowest BCUT2D eigenvalue weighted by molar-refractivity contribution is -0.144. The van der Waals surface area contributed by atoms with E-state index in [2.05, 4.69) is 19.2 Å². The van der Waals surface area contributed by atoms with Gasteiger partial charge < -0.3 is 5.11 Å². The lowest BCUT2D eigenvalue weighted by Gasteiger charge is -2.28. The first-order chi connectivity index (χ1) is 8.31. The van der Waals surface area contributed by atoms with Crippen LogP contribution in [0.1, 0.15) is 53.9 Å². The summed E-state index contributed by atoms with van der Waals surface area (Å²) in [6.07, 6.45) is 2.85. The Hall–Kier alpha value is -0.220. The second-order valence-corrected chi connectivity index (χ2v) is 6.78. The molecule has 18 heavy (non-hydrogen) atoms. The van der Waals surface area contributed by atoms with Gasteiger partial charge >= 0.3 is 5.97 Å². The molecule has 0 aliphatic carbocycles. The average molecular weight is 275 g/mol. The maximum absolute atomic E-state index is 11.3. The number of nitrogens with one attached hydrogen (secondary N) is 1. The molecule has 0 aliphatic heterocycles. The molecule has 2 unspecified atom stereocenters. The van der Waals surface area contributed by atoms with Gasteiger partial charge in [-0.25, -0.2) is 0 Å². The summed E-state index contributed by atoms with van der Waals surface area (Å²) in [4.78, 5) is 11.3. The van der Waals surface area contributed by atoms with Crippen LogP contribution < -0.4 is 5.32 Å². The first kappa shape index (κ1) is 17.8. The molecule has 4 heteroatoms. The number of hydrogen-bond acceptors (Lipinski definition) is 3. The van der Waals surface area contributed by atoms with Crippen molar-refractivity contribution >= 4 is 17.7 Å². The van der Waals surface area contributed by atoms with Crippen LogP contribution >= 0.6 is 11.8 Å². The zero-order chi connectivity index (χ0) is 14.2. The van der Waals surface area contributed by atoms with Crippen molar-refractivity contribution in [2.45, 2.75) is 65.5 Å². The molecule has 2 atom stereocenters. The molecule has 108 valence electrons. The third kappa shape index (κ3) is 7.27. The van der Waals surface area contributed by atoms with E-state index in [1.807, 2.05) is 25.6 Å². The fraction of sp³-hybridized carbons (Fsp3) is 0.929. The van der Waals surface area contributed by atoms with Gasteiger partial charge in [-0.3, -0.25) is 10.1 Å². The maximum Gasteiger partial charge on any atom is 0.323 e. The number of carboxylic acid groups (broad SMARTS) is 1. The standard InChI is InChI=1S/C14H29NO2S/c1-6-12(4)10-18-9-7-8-14(5,13(16)17)15-11(2)3/h11-12,15H,6-10H2,1-5H3,(H,16,17). The van der Waals surface area contributed by atoms with Gasteiger partial charge in [0.15, 0.2) is 0 Å². The van der Waals surface area contributed by atoms with Gasteiger partial charge in [0.05, 0.1) is 0 Å². The Morgan fingerprint density at radius 3 is 2.44 bits per heavy atom. The van der Waals surface area contributed by atoms with E-state index in [1.165, 1.54) is 12.2 Å². The van der Waals surface area contributed by atoms with Crippen LogP contribution in [0.25, 0.3) is 0 Å². The van der Waals surface area contributed by atoms with Crippen molar-refractivity contribution in [1.82, 2.24) is 5.32 Å². The van der Waals surface area contributed by atoms with Crippen molar-refractivity contribution in [3.8, 4) is 0 Å². The molecule has 3 nitrogen and oxygen atoms in total. The van der Waals surface area contributed by atoms with Gasteiger partial charge in [0.1, 0.15) is 5.54 Å². The Balaban J connectivity index is 3.95. The fourth-order valence-corrected chi connectivity index (χ4v) is 2.96. The van der Waals surface area contributed by atoms with Crippen LogP contribution in [0, 0.1) is 5.92 Å². The topological polar surface area (TPSA) is 49.3 Å². The van der Waals surface area contributed by atoms with Crippen LogP contribution in [0.15, 0.2) is 0 Å². The predicted octanol–water partition coefficient (Wildman–Crippen LogP) is 3.39. The molecular weight excluding hydrogens is 246 g/mol. The van der Waals surface area contributed by atoms with E-state index >= 15 is 0 Å². The molecule has 0 aromatic carbocycles. The Morgan fingerprint density at radius 2 is 2.00 bits per heavy atom. The Bertz CT molecular complexity index is 246. The second kappa shape index (κ2) is 8.81. The number of carboxylic acids is 1. The summed E-state index contributed by atoms with van der Waals surface area (Å²) >= 11 is 1.94. The minimum Gasteiger partial charge on any atom is -0.480 e. The third-order valence-electron chi connectivity index (χ3n) is 3.14. The summed E-state index contributed by atoms with van der Waals surface area (Å²) < 4.78 is 0. The lowest BCUT2D eigenvalue weighted by atomic mass is 9.95. The van der Waals surface area contributed by atoms with Crippen molar-refractivity contribution in [2.24, 2.45) is 5.92 Å². The molecule has 0 bridgehead atoms. The normalized spacial score (nSPS) is 16.6. The number of aliphatic carboxylic acids is 1. The first-order valence-corrected chi connectivity index (χ1v) is 8.06. The number of thioether (sulfide) groups is 1. The maximum atomic E-state index is 11.3. The zero-order valence-electron chi connectivity index (χ0n) is 12.5. The predicted molar refractivity (Wildman–Crippen MR) is 80.3 cm³/mol. The van der Waals surface area contributed by atoms with Crippen LogP contribution in [-0.4, -0.2) is 34.2 Å². The number of hydrogen-bond donors (Lipinski definition) is 2. The summed E-state index contributed by atoms with van der Waals surface area (Å²) in [5.41, 5.74) is -0.787. The number of carbonyl (C=O) groups is 1. The van der Waals surface area contributed by atoms with E-state index in [1.54, 1.807) is 6.92 Å². The smallest absolute Gasteiger partial charge is 0.323 e. The molecule has 0 saturated carbocycles. The van der Waals surface area contributed by atoms with Crippen molar-refractivity contribution in [1.29, 1.82) is 0 Å². The van der Waals surface area contributed by atoms with Crippen molar-refractivity contribution in [2.75, 3.05) is 11.5 Å². The van der Waals surface area contributed by atoms with E-state index in [0.29, 0.717) is 6.42 Å². The van der Waals surface area contributed by atoms with E-state index in [9.17, 15) is 9.90 Å². The van der Waals surface area contributed by atoms with Gasteiger partial charge in [-0.1, -0.05) is 20.3 Å². The molecule has 0 heterocycles. The van der Waals surface area contributed by atoms with Gasteiger partial charge in [-0.15, -0.1) is 0 Å². The van der Waals surface area contributed by atoms with E-state index in [0.717, 1.165) is 18.1 Å². The third-order valence-corrected chi connectivity index (χ3v) is 4.53. The highest BCUT2D eigenvalue weighted by molar-refractivity contribution is 7.99. The largest absolute Gasteiger partial charge is 0.480 e. The minimum absolute atomic E-state index is 0.193.